The van der Waals surface area contributed by atoms with Crippen molar-refractivity contribution in [3.05, 3.63) is 35.9 Å². The summed E-state index contributed by atoms with van der Waals surface area (Å²) in [5, 5.41) is 10.2. The van der Waals surface area contributed by atoms with Gasteiger partial charge in [0, 0.05) is 12.6 Å². The van der Waals surface area contributed by atoms with E-state index in [-0.39, 0.29) is 11.8 Å². The molecule has 0 amide bonds. The molecule has 0 saturated carbocycles. The maximum atomic E-state index is 12.0. The molecule has 1 aromatic carbocycles. The van der Waals surface area contributed by atoms with Crippen LogP contribution in [0.15, 0.2) is 30.3 Å². The number of hydrogen-bond acceptors (Lipinski definition) is 3. The molecule has 1 aromatic rings. The van der Waals surface area contributed by atoms with Crippen molar-refractivity contribution in [1.82, 2.24) is 4.31 Å². The first-order valence-corrected chi connectivity index (χ1v) is 8.38. The molecule has 1 fully saturated rings. The number of rotatable bonds is 5. The van der Waals surface area contributed by atoms with E-state index in [9.17, 15) is 13.5 Å². The molecule has 106 valence electrons. The van der Waals surface area contributed by atoms with E-state index in [0.717, 1.165) is 18.4 Å². The number of aliphatic hydroxyl groups excluding tert-OH is 1. The molecule has 1 aliphatic heterocycles. The first-order valence-electron chi connectivity index (χ1n) is 6.77. The van der Waals surface area contributed by atoms with Crippen LogP contribution in [0.25, 0.3) is 0 Å². The predicted octanol–water partition coefficient (Wildman–Crippen LogP) is 1.92. The topological polar surface area (TPSA) is 57.6 Å². The highest BCUT2D eigenvalue weighted by Crippen LogP contribution is 2.29. The van der Waals surface area contributed by atoms with Crippen molar-refractivity contribution in [1.29, 1.82) is 0 Å². The number of hydrogen-bond donors (Lipinski definition) is 1. The zero-order valence-corrected chi connectivity index (χ0v) is 12.0. The largest absolute Gasteiger partial charge is 0.388 e. The zero-order chi connectivity index (χ0) is 13.9. The van der Waals surface area contributed by atoms with Crippen LogP contribution in [0, 0.1) is 0 Å². The van der Waals surface area contributed by atoms with Gasteiger partial charge >= 0.3 is 0 Å². The summed E-state index contributed by atoms with van der Waals surface area (Å²) < 4.78 is 25.5. The maximum absolute atomic E-state index is 12.0. The van der Waals surface area contributed by atoms with Crippen molar-refractivity contribution < 1.29 is 13.5 Å². The highest BCUT2D eigenvalue weighted by atomic mass is 32.2. The van der Waals surface area contributed by atoms with E-state index in [1.165, 1.54) is 0 Å². The van der Waals surface area contributed by atoms with Gasteiger partial charge in [0.25, 0.3) is 0 Å². The molecule has 2 rings (SSSR count). The van der Waals surface area contributed by atoms with E-state index in [1.807, 2.05) is 30.3 Å². The average molecular weight is 283 g/mol. The van der Waals surface area contributed by atoms with Crippen LogP contribution in [0.4, 0.5) is 0 Å². The molecular weight excluding hydrogens is 262 g/mol. The molecular formula is C14H21NO3S. The third-order valence-corrected chi connectivity index (χ3v) is 5.65. The molecule has 0 spiro atoms. The fourth-order valence-electron chi connectivity index (χ4n) is 2.65. The lowest BCUT2D eigenvalue weighted by Crippen LogP contribution is -2.37. The Morgan fingerprint density at radius 1 is 1.37 bits per heavy atom. The molecule has 1 N–H and O–H groups in total. The van der Waals surface area contributed by atoms with Gasteiger partial charge in [0.15, 0.2) is 0 Å². The molecule has 2 atom stereocenters. The normalized spacial score (nSPS) is 22.5. The summed E-state index contributed by atoms with van der Waals surface area (Å²) in [4.78, 5) is 0. The van der Waals surface area contributed by atoms with Crippen LogP contribution in [0.2, 0.25) is 0 Å². The van der Waals surface area contributed by atoms with Crippen LogP contribution in [0.5, 0.6) is 0 Å². The van der Waals surface area contributed by atoms with Gasteiger partial charge in [-0.1, -0.05) is 30.3 Å². The lowest BCUT2D eigenvalue weighted by Gasteiger charge is -2.25. The summed E-state index contributed by atoms with van der Waals surface area (Å²) in [6, 6.07) is 9.35. The molecule has 5 heteroatoms. The summed E-state index contributed by atoms with van der Waals surface area (Å²) in [5.74, 6) is 0.130. The van der Waals surface area contributed by atoms with Crippen LogP contribution in [-0.4, -0.2) is 36.2 Å². The van der Waals surface area contributed by atoms with Gasteiger partial charge < -0.3 is 5.11 Å². The van der Waals surface area contributed by atoms with Gasteiger partial charge in [-0.05, 0) is 31.7 Å². The summed E-state index contributed by atoms with van der Waals surface area (Å²) in [7, 11) is -3.15. The zero-order valence-electron chi connectivity index (χ0n) is 11.2. The molecule has 19 heavy (non-hydrogen) atoms. The summed E-state index contributed by atoms with van der Waals surface area (Å²) >= 11 is 0. The minimum absolute atomic E-state index is 0.0693. The molecule has 1 saturated heterocycles. The van der Waals surface area contributed by atoms with Crippen molar-refractivity contribution >= 4 is 10.0 Å². The monoisotopic (exact) mass is 283 g/mol. The van der Waals surface area contributed by atoms with Crippen molar-refractivity contribution in [3.8, 4) is 0 Å². The second-order valence-electron chi connectivity index (χ2n) is 4.97. The number of benzene rings is 1. The van der Waals surface area contributed by atoms with Crippen molar-refractivity contribution in [3.63, 3.8) is 0 Å². The fraction of sp³-hybridized carbons (Fsp3) is 0.571. The molecule has 0 bridgehead atoms. The molecule has 2 unspecified atom stereocenters. The number of sulfonamides is 1. The van der Waals surface area contributed by atoms with Crippen molar-refractivity contribution in [2.45, 2.75) is 38.3 Å². The number of aliphatic hydroxyl groups is 1. The van der Waals surface area contributed by atoms with Gasteiger partial charge in [-0.25, -0.2) is 8.42 Å². The van der Waals surface area contributed by atoms with E-state index in [4.69, 9.17) is 0 Å². The van der Waals surface area contributed by atoms with Gasteiger partial charge in [-0.2, -0.15) is 4.31 Å². The standard InChI is InChI=1S/C14H21NO3S/c1-2-19(17,18)15-10-6-9-13(15)11-14(16)12-7-4-3-5-8-12/h3-5,7-8,13-14,16H,2,6,9-11H2,1H3. The highest BCUT2D eigenvalue weighted by Gasteiger charge is 2.34. The molecule has 1 heterocycles. The summed E-state index contributed by atoms with van der Waals surface area (Å²) in [5.41, 5.74) is 0.850. The lowest BCUT2D eigenvalue weighted by molar-refractivity contribution is 0.142. The Kier molecular flexibility index (Phi) is 4.60. The molecule has 1 aliphatic rings. The van der Waals surface area contributed by atoms with E-state index >= 15 is 0 Å². The maximum Gasteiger partial charge on any atom is 0.214 e. The van der Waals surface area contributed by atoms with Crippen molar-refractivity contribution in [2.75, 3.05) is 12.3 Å². The van der Waals surface area contributed by atoms with Crippen LogP contribution in [0.1, 0.15) is 37.9 Å². The van der Waals surface area contributed by atoms with Gasteiger partial charge in [0.05, 0.1) is 11.9 Å². The fourth-order valence-corrected chi connectivity index (χ4v) is 4.03. The van der Waals surface area contributed by atoms with Gasteiger partial charge in [-0.15, -0.1) is 0 Å². The Morgan fingerprint density at radius 2 is 2.05 bits per heavy atom. The Bertz CT molecular complexity index is 501. The summed E-state index contributed by atoms with van der Waals surface area (Å²) in [6.45, 7) is 2.25. The van der Waals surface area contributed by atoms with E-state index < -0.39 is 16.1 Å². The van der Waals surface area contributed by atoms with Crippen LogP contribution in [0.3, 0.4) is 0 Å². The van der Waals surface area contributed by atoms with E-state index in [1.54, 1.807) is 11.2 Å². The molecule has 0 radical (unpaired) electrons. The van der Waals surface area contributed by atoms with E-state index in [2.05, 4.69) is 0 Å². The quantitative estimate of drug-likeness (QED) is 0.898. The Hall–Kier alpha value is -0.910. The minimum Gasteiger partial charge on any atom is -0.388 e. The Labute approximate surface area is 115 Å². The Balaban J connectivity index is 2.06. The smallest absolute Gasteiger partial charge is 0.214 e. The molecule has 0 aliphatic carbocycles. The van der Waals surface area contributed by atoms with Crippen LogP contribution >= 0.6 is 0 Å². The number of nitrogens with zero attached hydrogens (tertiary/aromatic N) is 1. The Morgan fingerprint density at radius 3 is 2.68 bits per heavy atom. The van der Waals surface area contributed by atoms with Crippen LogP contribution in [-0.2, 0) is 10.0 Å². The molecule has 0 aromatic heterocycles. The lowest BCUT2D eigenvalue weighted by atomic mass is 10.0. The predicted molar refractivity (Wildman–Crippen MR) is 75.2 cm³/mol. The van der Waals surface area contributed by atoms with Crippen LogP contribution < -0.4 is 0 Å². The first kappa shape index (κ1) is 14.5. The highest BCUT2D eigenvalue weighted by molar-refractivity contribution is 7.89. The van der Waals surface area contributed by atoms with Crippen molar-refractivity contribution in [2.24, 2.45) is 0 Å². The average Bonchev–Trinajstić information content (AvgIpc) is 2.88. The summed E-state index contributed by atoms with van der Waals surface area (Å²) in [6.07, 6.45) is 1.59. The SMILES string of the molecule is CCS(=O)(=O)N1CCCC1CC(O)c1ccccc1. The third kappa shape index (κ3) is 3.35. The van der Waals surface area contributed by atoms with Gasteiger partial charge in [0.2, 0.25) is 10.0 Å². The third-order valence-electron chi connectivity index (χ3n) is 3.72. The molecule has 4 nitrogen and oxygen atoms in total. The van der Waals surface area contributed by atoms with E-state index in [0.29, 0.717) is 13.0 Å². The van der Waals surface area contributed by atoms with Gasteiger partial charge in [-0.3, -0.25) is 0 Å². The first-order chi connectivity index (χ1) is 9.04. The van der Waals surface area contributed by atoms with Gasteiger partial charge in [0.1, 0.15) is 0 Å². The second kappa shape index (κ2) is 6.03. The minimum atomic E-state index is -3.15. The second-order valence-corrected chi connectivity index (χ2v) is 7.18.